The average Bonchev–Trinajstić information content (AvgIpc) is 3.25. The van der Waals surface area contributed by atoms with Crippen molar-refractivity contribution in [1.29, 1.82) is 0 Å². The van der Waals surface area contributed by atoms with Gasteiger partial charge in [-0.15, -0.1) is 0 Å². The molecule has 29 heavy (non-hydrogen) atoms. The molecule has 0 N–H and O–H groups in total. The van der Waals surface area contributed by atoms with Crippen molar-refractivity contribution in [2.45, 2.75) is 70.1 Å². The lowest BCUT2D eigenvalue weighted by atomic mass is 9.85. The first kappa shape index (κ1) is 21.3. The second kappa shape index (κ2) is 7.65. The molecule has 2 aliphatic heterocycles. The number of rotatable bonds is 5. The smallest absolute Gasteiger partial charge is 0.255 e. The van der Waals surface area contributed by atoms with Gasteiger partial charge < -0.3 is 14.2 Å². The fourth-order valence-electron chi connectivity index (χ4n) is 4.60. The number of hydrogen-bond donors (Lipinski definition) is 0. The van der Waals surface area contributed by atoms with Crippen molar-refractivity contribution in [2.24, 2.45) is 5.92 Å². The van der Waals surface area contributed by atoms with E-state index in [1.807, 2.05) is 6.07 Å². The highest BCUT2D eigenvalue weighted by molar-refractivity contribution is 9.10. The third kappa shape index (κ3) is 4.42. The van der Waals surface area contributed by atoms with Gasteiger partial charge in [0.05, 0.1) is 35.8 Å². The number of fused-ring (bicyclic) bond motifs is 3. The van der Waals surface area contributed by atoms with Gasteiger partial charge in [-0.2, -0.15) is 0 Å². The van der Waals surface area contributed by atoms with Crippen LogP contribution >= 0.6 is 15.9 Å². The topological polar surface area (TPSA) is 30.9 Å². The predicted molar refractivity (Wildman–Crippen MR) is 111 cm³/mol. The van der Waals surface area contributed by atoms with E-state index < -0.39 is 11.8 Å². The molecular formula is C22H30BrF2NO3. The van der Waals surface area contributed by atoms with E-state index >= 15 is 0 Å². The monoisotopic (exact) mass is 473 g/mol. The summed E-state index contributed by atoms with van der Waals surface area (Å²) < 4.78 is 44.9. The van der Waals surface area contributed by atoms with Gasteiger partial charge in [0, 0.05) is 25.6 Å². The van der Waals surface area contributed by atoms with Crippen molar-refractivity contribution in [1.82, 2.24) is 4.90 Å². The first-order valence-electron chi connectivity index (χ1n) is 10.4. The molecule has 162 valence electrons. The Labute approximate surface area is 180 Å². The molecule has 2 heterocycles. The Morgan fingerprint density at radius 3 is 2.62 bits per heavy atom. The molecule has 2 fully saturated rings. The van der Waals surface area contributed by atoms with Crippen molar-refractivity contribution in [3.8, 4) is 11.5 Å². The van der Waals surface area contributed by atoms with E-state index in [0.29, 0.717) is 17.5 Å². The fraction of sp³-hybridized carbons (Fsp3) is 0.727. The van der Waals surface area contributed by atoms with Gasteiger partial charge in [0.1, 0.15) is 0 Å². The van der Waals surface area contributed by atoms with E-state index in [-0.39, 0.29) is 24.7 Å². The number of benzene rings is 1. The Morgan fingerprint density at radius 1 is 1.28 bits per heavy atom. The maximum atomic E-state index is 13.2. The largest absolute Gasteiger partial charge is 0.493 e. The highest BCUT2D eigenvalue weighted by atomic mass is 79.9. The molecule has 4 rings (SSSR count). The predicted octanol–water partition coefficient (Wildman–Crippen LogP) is 5.37. The molecule has 0 radical (unpaired) electrons. The summed E-state index contributed by atoms with van der Waals surface area (Å²) in [7, 11) is 1.60. The molecule has 1 saturated carbocycles. The zero-order valence-electron chi connectivity index (χ0n) is 17.6. The standard InChI is InChI=1S/C22H30BrF2NO3/c1-21(2,3)29-14-5-6-17-16-9-18(27-4)20(28-12-13-10-22(13,24)25)19(23)15(16)7-8-26(17)11-14/h9,13-14,17H,5-8,10-12H2,1-4H3. The van der Waals surface area contributed by atoms with E-state index in [9.17, 15) is 8.78 Å². The van der Waals surface area contributed by atoms with Crippen molar-refractivity contribution in [2.75, 3.05) is 26.8 Å². The number of alkyl halides is 2. The average molecular weight is 474 g/mol. The lowest BCUT2D eigenvalue weighted by Crippen LogP contribution is -2.47. The number of hydrogen-bond acceptors (Lipinski definition) is 4. The molecule has 0 bridgehead atoms. The molecule has 3 aliphatic rings. The quantitative estimate of drug-likeness (QED) is 0.575. The zero-order chi connectivity index (χ0) is 21.0. The van der Waals surface area contributed by atoms with Crippen LogP contribution in [-0.2, 0) is 11.2 Å². The molecule has 1 saturated heterocycles. The van der Waals surface area contributed by atoms with E-state index in [1.165, 1.54) is 11.1 Å². The van der Waals surface area contributed by atoms with Crippen LogP contribution in [0.2, 0.25) is 0 Å². The van der Waals surface area contributed by atoms with E-state index in [2.05, 4.69) is 41.6 Å². The van der Waals surface area contributed by atoms with Gasteiger partial charge in [-0.25, -0.2) is 8.78 Å². The number of methoxy groups -OCH3 is 1. The summed E-state index contributed by atoms with van der Waals surface area (Å²) in [4.78, 5) is 2.50. The first-order valence-corrected chi connectivity index (χ1v) is 11.2. The van der Waals surface area contributed by atoms with Crippen molar-refractivity contribution >= 4 is 15.9 Å². The van der Waals surface area contributed by atoms with Gasteiger partial charge in [-0.3, -0.25) is 4.90 Å². The minimum atomic E-state index is -2.58. The molecule has 0 spiro atoms. The maximum Gasteiger partial charge on any atom is 0.255 e. The Bertz CT molecular complexity index is 780. The summed E-state index contributed by atoms with van der Waals surface area (Å²) in [6, 6.07) is 2.37. The summed E-state index contributed by atoms with van der Waals surface area (Å²) in [6.45, 7) is 8.20. The Balaban J connectivity index is 1.53. The van der Waals surface area contributed by atoms with Gasteiger partial charge >= 0.3 is 0 Å². The third-order valence-electron chi connectivity index (χ3n) is 6.10. The molecule has 1 aliphatic carbocycles. The lowest BCUT2D eigenvalue weighted by molar-refractivity contribution is -0.0972. The Kier molecular flexibility index (Phi) is 5.62. The van der Waals surface area contributed by atoms with Crippen LogP contribution in [0.15, 0.2) is 10.5 Å². The summed E-state index contributed by atoms with van der Waals surface area (Å²) >= 11 is 3.69. The van der Waals surface area contributed by atoms with E-state index in [0.717, 1.165) is 36.8 Å². The molecule has 0 amide bonds. The summed E-state index contributed by atoms with van der Waals surface area (Å²) in [5.41, 5.74) is 2.32. The Morgan fingerprint density at radius 2 is 2.00 bits per heavy atom. The molecule has 4 nitrogen and oxygen atoms in total. The Hall–Kier alpha value is -0.920. The molecule has 1 aromatic carbocycles. The second-order valence-electron chi connectivity index (χ2n) is 9.45. The van der Waals surface area contributed by atoms with Crippen LogP contribution in [0.5, 0.6) is 11.5 Å². The van der Waals surface area contributed by atoms with E-state index in [1.54, 1.807) is 7.11 Å². The maximum absolute atomic E-state index is 13.2. The third-order valence-corrected chi connectivity index (χ3v) is 6.94. The van der Waals surface area contributed by atoms with Gasteiger partial charge in [0.25, 0.3) is 5.92 Å². The van der Waals surface area contributed by atoms with Gasteiger partial charge in [0.2, 0.25) is 0 Å². The van der Waals surface area contributed by atoms with Crippen molar-refractivity contribution in [3.63, 3.8) is 0 Å². The number of piperidine rings is 1. The molecule has 3 unspecified atom stereocenters. The molecule has 7 heteroatoms. The normalized spacial score (nSPS) is 28.4. The summed E-state index contributed by atoms with van der Waals surface area (Å²) in [6.07, 6.45) is 3.09. The van der Waals surface area contributed by atoms with Crippen LogP contribution in [0, 0.1) is 5.92 Å². The number of nitrogens with zero attached hydrogens (tertiary/aromatic N) is 1. The van der Waals surface area contributed by atoms with Crippen LogP contribution in [0.4, 0.5) is 8.78 Å². The van der Waals surface area contributed by atoms with Gasteiger partial charge in [0.15, 0.2) is 11.5 Å². The minimum absolute atomic E-state index is 0.0160. The van der Waals surface area contributed by atoms with Crippen LogP contribution < -0.4 is 9.47 Å². The molecule has 0 aromatic heterocycles. The van der Waals surface area contributed by atoms with Crippen molar-refractivity contribution < 1.29 is 23.0 Å². The SMILES string of the molecule is COc1cc2c(c(Br)c1OCC1CC1(F)F)CCN1CC(OC(C)(C)C)CCC21. The minimum Gasteiger partial charge on any atom is -0.493 e. The highest BCUT2D eigenvalue weighted by Gasteiger charge is 2.57. The van der Waals surface area contributed by atoms with Gasteiger partial charge in [-0.1, -0.05) is 0 Å². The van der Waals surface area contributed by atoms with Crippen LogP contribution in [0.1, 0.15) is 57.2 Å². The second-order valence-corrected chi connectivity index (χ2v) is 10.2. The lowest BCUT2D eigenvalue weighted by Gasteiger charge is -2.45. The number of halogens is 3. The van der Waals surface area contributed by atoms with Crippen LogP contribution in [0.25, 0.3) is 0 Å². The van der Waals surface area contributed by atoms with E-state index in [4.69, 9.17) is 14.2 Å². The zero-order valence-corrected chi connectivity index (χ0v) is 19.2. The van der Waals surface area contributed by atoms with Gasteiger partial charge in [-0.05, 0) is 73.2 Å². The fourth-order valence-corrected chi connectivity index (χ4v) is 5.33. The number of ether oxygens (including phenoxy) is 3. The van der Waals surface area contributed by atoms with Crippen LogP contribution in [-0.4, -0.2) is 49.3 Å². The van der Waals surface area contributed by atoms with Crippen molar-refractivity contribution in [3.05, 3.63) is 21.7 Å². The summed E-state index contributed by atoms with van der Waals surface area (Å²) in [5, 5.41) is 0. The first-order chi connectivity index (χ1) is 13.6. The molecular weight excluding hydrogens is 444 g/mol. The highest BCUT2D eigenvalue weighted by Crippen LogP contribution is 2.51. The van der Waals surface area contributed by atoms with Crippen LogP contribution in [0.3, 0.4) is 0 Å². The summed E-state index contributed by atoms with van der Waals surface area (Å²) in [5.74, 6) is -2.12. The molecule has 1 aromatic rings. The molecule has 3 atom stereocenters.